The molecule has 0 aliphatic carbocycles. The summed E-state index contributed by atoms with van der Waals surface area (Å²) in [6, 6.07) is 14.4. The van der Waals surface area contributed by atoms with Gasteiger partial charge in [-0.2, -0.15) is 0 Å². The zero-order chi connectivity index (χ0) is 33.6. The molecule has 2 unspecified atom stereocenters. The maximum Gasteiger partial charge on any atom is 0.408 e. The molecule has 9 heteroatoms. The Bertz CT molecular complexity index is 1280. The number of ether oxygens (including phenoxy) is 2. The highest BCUT2D eigenvalue weighted by Gasteiger charge is 2.35. The smallest absolute Gasteiger partial charge is 0.408 e. The number of carbonyl (C=O) groups excluding carboxylic acids is 4. The zero-order valence-electron chi connectivity index (χ0n) is 28.0. The summed E-state index contributed by atoms with van der Waals surface area (Å²) in [6.45, 7) is 16.3. The highest BCUT2D eigenvalue weighted by molar-refractivity contribution is 5.93. The van der Waals surface area contributed by atoms with Crippen LogP contribution < -0.4 is 10.6 Å². The van der Waals surface area contributed by atoms with Crippen LogP contribution in [0, 0.1) is 0 Å². The van der Waals surface area contributed by atoms with Crippen molar-refractivity contribution in [2.75, 3.05) is 13.1 Å². The first-order valence-corrected chi connectivity index (χ1v) is 15.7. The topological polar surface area (TPSA) is 114 Å². The molecule has 0 bridgehead atoms. The number of hydrogen-bond donors (Lipinski definition) is 2. The number of rotatable bonds is 15. The van der Waals surface area contributed by atoms with Crippen LogP contribution in [0.15, 0.2) is 61.2 Å². The van der Waals surface area contributed by atoms with Crippen LogP contribution in [0.25, 0.3) is 6.08 Å². The summed E-state index contributed by atoms with van der Waals surface area (Å²) < 4.78 is 11.0. The van der Waals surface area contributed by atoms with Gasteiger partial charge in [-0.05, 0) is 70.7 Å². The molecule has 2 rings (SSSR count). The lowest BCUT2D eigenvalue weighted by Crippen LogP contribution is -2.52. The quantitative estimate of drug-likeness (QED) is 0.176. The molecule has 0 radical (unpaired) electrons. The summed E-state index contributed by atoms with van der Waals surface area (Å²) in [4.78, 5) is 55.4. The number of alkyl carbamates (subject to hydrolysis) is 1. The molecule has 2 aromatic rings. The third kappa shape index (κ3) is 13.6. The fourth-order valence-electron chi connectivity index (χ4n) is 4.67. The van der Waals surface area contributed by atoms with Crippen LogP contribution in [0.5, 0.6) is 0 Å². The minimum absolute atomic E-state index is 0.200. The normalized spacial score (nSPS) is 12.8. The van der Waals surface area contributed by atoms with Gasteiger partial charge in [-0.15, -0.1) is 0 Å². The van der Waals surface area contributed by atoms with Crippen molar-refractivity contribution in [2.45, 2.75) is 104 Å². The Morgan fingerprint density at radius 1 is 0.889 bits per heavy atom. The number of unbranched alkanes of at least 4 members (excludes halogenated alkanes) is 3. The van der Waals surface area contributed by atoms with Crippen LogP contribution >= 0.6 is 0 Å². The first kappa shape index (κ1) is 37.0. The third-order valence-corrected chi connectivity index (χ3v) is 6.67. The summed E-state index contributed by atoms with van der Waals surface area (Å²) in [5, 5.41) is 5.44. The van der Waals surface area contributed by atoms with Crippen molar-refractivity contribution in [1.82, 2.24) is 15.5 Å². The fourth-order valence-corrected chi connectivity index (χ4v) is 4.67. The second-order valence-electron chi connectivity index (χ2n) is 13.1. The summed E-state index contributed by atoms with van der Waals surface area (Å²) in [6.07, 6.45) is 4.60. The Morgan fingerprint density at radius 3 is 2.16 bits per heavy atom. The van der Waals surface area contributed by atoms with E-state index in [9.17, 15) is 19.2 Å². The molecule has 0 aromatic heterocycles. The van der Waals surface area contributed by atoms with Crippen molar-refractivity contribution in [2.24, 2.45) is 0 Å². The van der Waals surface area contributed by atoms with E-state index < -0.39 is 47.2 Å². The molecule has 0 fully saturated rings. The predicted molar refractivity (Wildman–Crippen MR) is 177 cm³/mol. The van der Waals surface area contributed by atoms with Crippen molar-refractivity contribution in [1.29, 1.82) is 0 Å². The van der Waals surface area contributed by atoms with Crippen molar-refractivity contribution in [3.63, 3.8) is 0 Å². The molecule has 0 aliphatic heterocycles. The lowest BCUT2D eigenvalue weighted by atomic mass is 9.99. The molecule has 9 nitrogen and oxygen atoms in total. The maximum absolute atomic E-state index is 14.3. The van der Waals surface area contributed by atoms with E-state index in [1.54, 1.807) is 65.8 Å². The highest BCUT2D eigenvalue weighted by Crippen LogP contribution is 2.25. The van der Waals surface area contributed by atoms with Crippen molar-refractivity contribution >= 4 is 30.0 Å². The lowest BCUT2D eigenvalue weighted by Gasteiger charge is -2.33. The average molecular weight is 622 g/mol. The van der Waals surface area contributed by atoms with E-state index in [4.69, 9.17) is 9.47 Å². The Balaban J connectivity index is 2.51. The summed E-state index contributed by atoms with van der Waals surface area (Å²) in [5.41, 5.74) is 0.643. The SMILES string of the molecule is C=Cc1cccc(C(C(=O)NC(Cc2ccccc2)C(=O)OC(C)(C)C)N(CCCCCC)C(=O)CNC(=O)OC(C)(C)C)c1. The van der Waals surface area contributed by atoms with E-state index in [1.807, 2.05) is 36.4 Å². The fraction of sp³-hybridized carbons (Fsp3) is 0.500. The van der Waals surface area contributed by atoms with Gasteiger partial charge < -0.3 is 25.0 Å². The summed E-state index contributed by atoms with van der Waals surface area (Å²) in [5.74, 6) is -1.58. The monoisotopic (exact) mass is 621 g/mol. The van der Waals surface area contributed by atoms with Gasteiger partial charge in [-0.1, -0.05) is 87.4 Å². The number of carbonyl (C=O) groups is 4. The first-order valence-electron chi connectivity index (χ1n) is 15.7. The summed E-state index contributed by atoms with van der Waals surface area (Å²) in [7, 11) is 0. The minimum Gasteiger partial charge on any atom is -0.458 e. The molecule has 3 amide bonds. The molecule has 2 atom stereocenters. The molecule has 2 aromatic carbocycles. The zero-order valence-corrected chi connectivity index (χ0v) is 28.0. The lowest BCUT2D eigenvalue weighted by molar-refractivity contribution is -0.159. The van der Waals surface area contributed by atoms with E-state index in [1.165, 1.54) is 4.90 Å². The molecule has 0 spiro atoms. The number of hydrogen-bond acceptors (Lipinski definition) is 6. The van der Waals surface area contributed by atoms with Gasteiger partial charge in [0, 0.05) is 13.0 Å². The minimum atomic E-state index is -1.10. The standard InChI is InChI=1S/C36H51N3O6/c1-9-11-12-16-22-39(30(40)25-37-34(43)45-36(6,7)8)31(28-21-17-20-26(10-2)23-28)32(41)38-29(33(42)44-35(3,4)5)24-27-18-14-13-15-19-27/h10,13-15,17-21,23,29,31H,2,9,11-12,16,22,24-25H2,1,3-8H3,(H,37,43)(H,38,41). The Hall–Kier alpha value is -4.14. The largest absolute Gasteiger partial charge is 0.458 e. The van der Waals surface area contributed by atoms with Crippen LogP contribution in [-0.4, -0.2) is 59.1 Å². The van der Waals surface area contributed by atoms with Crippen LogP contribution in [0.4, 0.5) is 4.79 Å². The molecule has 246 valence electrons. The highest BCUT2D eigenvalue weighted by atomic mass is 16.6. The van der Waals surface area contributed by atoms with Crippen molar-refractivity contribution in [3.05, 3.63) is 77.9 Å². The van der Waals surface area contributed by atoms with Gasteiger partial charge in [0.15, 0.2) is 0 Å². The molecule has 0 saturated heterocycles. The van der Waals surface area contributed by atoms with Crippen LogP contribution in [-0.2, 0) is 30.3 Å². The van der Waals surface area contributed by atoms with E-state index in [0.717, 1.165) is 30.4 Å². The molecule has 0 heterocycles. The van der Waals surface area contributed by atoms with Gasteiger partial charge in [0.25, 0.3) is 0 Å². The number of nitrogens with zero attached hydrogens (tertiary/aromatic N) is 1. The molecule has 0 saturated carbocycles. The van der Waals surface area contributed by atoms with Gasteiger partial charge in [0.1, 0.15) is 29.8 Å². The van der Waals surface area contributed by atoms with Gasteiger partial charge in [0.2, 0.25) is 11.8 Å². The third-order valence-electron chi connectivity index (χ3n) is 6.67. The predicted octanol–water partition coefficient (Wildman–Crippen LogP) is 6.37. The Labute approximate surface area is 268 Å². The first-order chi connectivity index (χ1) is 21.1. The second-order valence-corrected chi connectivity index (χ2v) is 13.1. The van der Waals surface area contributed by atoms with Crippen LogP contribution in [0.1, 0.15) is 96.9 Å². The van der Waals surface area contributed by atoms with E-state index in [2.05, 4.69) is 24.1 Å². The van der Waals surface area contributed by atoms with Crippen molar-refractivity contribution < 1.29 is 28.7 Å². The number of benzene rings is 2. The average Bonchev–Trinajstić information content (AvgIpc) is 2.96. The molecular formula is C36H51N3O6. The van der Waals surface area contributed by atoms with Gasteiger partial charge in [-0.3, -0.25) is 9.59 Å². The molecule has 2 N–H and O–H groups in total. The Morgan fingerprint density at radius 2 is 1.56 bits per heavy atom. The maximum atomic E-state index is 14.3. The number of amides is 3. The van der Waals surface area contributed by atoms with Gasteiger partial charge >= 0.3 is 12.1 Å². The number of esters is 1. The summed E-state index contributed by atoms with van der Waals surface area (Å²) >= 11 is 0. The van der Waals surface area contributed by atoms with Crippen LogP contribution in [0.3, 0.4) is 0 Å². The molecular weight excluding hydrogens is 570 g/mol. The second kappa shape index (κ2) is 17.4. The molecule has 45 heavy (non-hydrogen) atoms. The number of nitrogens with one attached hydrogen (secondary N) is 2. The van der Waals surface area contributed by atoms with E-state index >= 15 is 0 Å². The van der Waals surface area contributed by atoms with Gasteiger partial charge in [0.05, 0.1) is 0 Å². The van der Waals surface area contributed by atoms with Crippen LogP contribution in [0.2, 0.25) is 0 Å². The van der Waals surface area contributed by atoms with E-state index in [-0.39, 0.29) is 19.5 Å². The van der Waals surface area contributed by atoms with Gasteiger partial charge in [-0.25, -0.2) is 9.59 Å². The van der Waals surface area contributed by atoms with E-state index in [0.29, 0.717) is 12.0 Å². The van der Waals surface area contributed by atoms with Crippen molar-refractivity contribution in [3.8, 4) is 0 Å². The Kier molecular flexibility index (Phi) is 14.3. The molecule has 0 aliphatic rings.